The van der Waals surface area contributed by atoms with Crippen molar-refractivity contribution in [2.75, 3.05) is 6.54 Å². The predicted octanol–water partition coefficient (Wildman–Crippen LogP) is 2.34. The second-order valence-electron chi connectivity index (χ2n) is 6.22. The van der Waals surface area contributed by atoms with E-state index < -0.39 is 41.8 Å². The number of hydrogen-bond donors (Lipinski definition) is 4. The van der Waals surface area contributed by atoms with Gasteiger partial charge in [0.25, 0.3) is 11.8 Å². The van der Waals surface area contributed by atoms with Crippen LogP contribution in [0.25, 0.3) is 10.4 Å². The Labute approximate surface area is 170 Å². The fourth-order valence-corrected chi connectivity index (χ4v) is 2.52. The van der Waals surface area contributed by atoms with E-state index in [-0.39, 0.29) is 24.2 Å². The fraction of sp³-hybridized carbons (Fsp3) is 0.211. The number of hydrogen-bond acceptors (Lipinski definition) is 5. The van der Waals surface area contributed by atoms with Crippen molar-refractivity contribution in [3.63, 3.8) is 0 Å². The number of carboxylic acid groups (broad SMARTS) is 1. The topological polar surface area (TPSA) is 164 Å². The van der Waals surface area contributed by atoms with Crippen LogP contribution in [0, 0.1) is 5.82 Å². The molecule has 0 fully saturated rings. The average molecular weight is 415 g/mol. The number of amides is 2. The zero-order valence-electron chi connectivity index (χ0n) is 15.6. The van der Waals surface area contributed by atoms with Crippen LogP contribution >= 0.6 is 0 Å². The summed E-state index contributed by atoms with van der Waals surface area (Å²) >= 11 is 0. The number of carbonyl (C=O) groups is 3. The van der Waals surface area contributed by atoms with Crippen LogP contribution < -0.4 is 10.6 Å². The van der Waals surface area contributed by atoms with E-state index in [2.05, 4.69) is 20.7 Å². The minimum absolute atomic E-state index is 0.0723. The van der Waals surface area contributed by atoms with Gasteiger partial charge >= 0.3 is 5.97 Å². The van der Waals surface area contributed by atoms with Gasteiger partial charge in [0.1, 0.15) is 11.6 Å². The Morgan fingerprint density at radius 1 is 1.13 bits per heavy atom. The molecule has 0 heterocycles. The van der Waals surface area contributed by atoms with Crippen molar-refractivity contribution >= 4 is 17.8 Å². The molecule has 0 aliphatic heterocycles. The third-order valence-electron chi connectivity index (χ3n) is 4.00. The zero-order chi connectivity index (χ0) is 22.1. The first-order valence-corrected chi connectivity index (χ1v) is 8.69. The van der Waals surface area contributed by atoms with Gasteiger partial charge in [-0.25, -0.2) is 4.39 Å². The molecule has 0 aromatic heterocycles. The number of phenolic OH excluding ortho intramolecular Hbond substituents is 1. The number of halogens is 1. The van der Waals surface area contributed by atoms with Gasteiger partial charge in [0, 0.05) is 35.7 Å². The standard InChI is InChI=1S/C19H18FN5O5/c20-13-5-6-15(16(26)7-13)19(30)22-9-11-1-3-12(4-2-11)18(29)24-14(8-17(27)28)10-23-25-21/h1-7,14,26H,8-10H2,(H,22,30)(H,24,29)(H,27,28)/t14-/m0/s1. The molecule has 0 saturated heterocycles. The second-order valence-corrected chi connectivity index (χ2v) is 6.22. The summed E-state index contributed by atoms with van der Waals surface area (Å²) < 4.78 is 13.0. The molecule has 2 amide bonds. The van der Waals surface area contributed by atoms with Crippen LogP contribution in [0.3, 0.4) is 0 Å². The Bertz CT molecular complexity index is 985. The Kier molecular flexibility index (Phi) is 7.72. The summed E-state index contributed by atoms with van der Waals surface area (Å²) in [4.78, 5) is 37.7. The summed E-state index contributed by atoms with van der Waals surface area (Å²) in [5.74, 6) is -3.42. The number of carbonyl (C=O) groups excluding carboxylic acids is 2. The van der Waals surface area contributed by atoms with Crippen LogP contribution in [0.1, 0.15) is 32.7 Å². The van der Waals surface area contributed by atoms with E-state index in [0.717, 1.165) is 18.2 Å². The summed E-state index contributed by atoms with van der Waals surface area (Å²) in [7, 11) is 0. The van der Waals surface area contributed by atoms with Gasteiger partial charge in [-0.3, -0.25) is 14.4 Å². The van der Waals surface area contributed by atoms with Crippen molar-refractivity contribution in [3.05, 3.63) is 75.4 Å². The monoisotopic (exact) mass is 415 g/mol. The highest BCUT2D eigenvalue weighted by Crippen LogP contribution is 2.18. The van der Waals surface area contributed by atoms with Gasteiger partial charge in [-0.15, -0.1) is 0 Å². The largest absolute Gasteiger partial charge is 0.507 e. The summed E-state index contributed by atoms with van der Waals surface area (Å²) in [6.45, 7) is -0.106. The summed E-state index contributed by atoms with van der Waals surface area (Å²) in [5, 5.41) is 26.8. The maximum Gasteiger partial charge on any atom is 0.305 e. The number of nitrogens with zero attached hydrogens (tertiary/aromatic N) is 3. The van der Waals surface area contributed by atoms with E-state index in [1.54, 1.807) is 12.1 Å². The molecule has 10 nitrogen and oxygen atoms in total. The van der Waals surface area contributed by atoms with Crippen molar-refractivity contribution in [1.82, 2.24) is 10.6 Å². The molecule has 2 aromatic rings. The fourth-order valence-electron chi connectivity index (χ4n) is 2.52. The maximum atomic E-state index is 13.0. The second kappa shape index (κ2) is 10.4. The molecule has 2 aromatic carbocycles. The van der Waals surface area contributed by atoms with E-state index >= 15 is 0 Å². The highest BCUT2D eigenvalue weighted by Gasteiger charge is 2.16. The smallest absolute Gasteiger partial charge is 0.305 e. The van der Waals surface area contributed by atoms with E-state index in [4.69, 9.17) is 10.6 Å². The van der Waals surface area contributed by atoms with E-state index in [1.807, 2.05) is 0 Å². The van der Waals surface area contributed by atoms with Crippen LogP contribution in [0.2, 0.25) is 0 Å². The number of phenols is 1. The quantitative estimate of drug-likeness (QED) is 0.280. The lowest BCUT2D eigenvalue weighted by Crippen LogP contribution is -2.38. The molecule has 2 rings (SSSR count). The Hall–Kier alpha value is -4.11. The van der Waals surface area contributed by atoms with E-state index in [0.29, 0.717) is 5.56 Å². The number of azide groups is 1. The number of nitrogens with one attached hydrogen (secondary N) is 2. The molecule has 0 unspecified atom stereocenters. The lowest BCUT2D eigenvalue weighted by atomic mass is 10.1. The third kappa shape index (κ3) is 6.50. The molecular formula is C19H18FN5O5. The van der Waals surface area contributed by atoms with Crippen molar-refractivity contribution in [1.29, 1.82) is 0 Å². The molecule has 0 aliphatic rings. The highest BCUT2D eigenvalue weighted by atomic mass is 19.1. The van der Waals surface area contributed by atoms with Gasteiger partial charge in [0.05, 0.1) is 12.0 Å². The predicted molar refractivity (Wildman–Crippen MR) is 103 cm³/mol. The zero-order valence-corrected chi connectivity index (χ0v) is 15.6. The molecule has 0 aliphatic carbocycles. The summed E-state index contributed by atoms with van der Waals surface area (Å²) in [5.41, 5.74) is 9.18. The molecule has 156 valence electrons. The Morgan fingerprint density at radius 2 is 1.83 bits per heavy atom. The summed E-state index contributed by atoms with van der Waals surface area (Å²) in [6, 6.07) is 8.34. The minimum Gasteiger partial charge on any atom is -0.507 e. The molecule has 4 N–H and O–H groups in total. The van der Waals surface area contributed by atoms with Gasteiger partial charge in [-0.2, -0.15) is 0 Å². The first-order valence-electron chi connectivity index (χ1n) is 8.69. The van der Waals surface area contributed by atoms with Gasteiger partial charge in [-0.1, -0.05) is 17.2 Å². The maximum absolute atomic E-state index is 13.0. The van der Waals surface area contributed by atoms with Crippen molar-refractivity contribution < 1.29 is 29.0 Å². The highest BCUT2D eigenvalue weighted by molar-refractivity contribution is 5.97. The van der Waals surface area contributed by atoms with Gasteiger partial charge in [0.2, 0.25) is 0 Å². The normalized spacial score (nSPS) is 11.1. The van der Waals surface area contributed by atoms with Crippen LogP contribution in [-0.4, -0.2) is 40.6 Å². The number of aliphatic carboxylic acids is 1. The molecule has 0 saturated carbocycles. The molecule has 11 heteroatoms. The van der Waals surface area contributed by atoms with Crippen LogP contribution in [0.5, 0.6) is 5.75 Å². The summed E-state index contributed by atoms with van der Waals surface area (Å²) in [6.07, 6.45) is -0.398. The molecule has 0 radical (unpaired) electrons. The average Bonchev–Trinajstić information content (AvgIpc) is 2.70. The van der Waals surface area contributed by atoms with Crippen LogP contribution in [-0.2, 0) is 11.3 Å². The van der Waals surface area contributed by atoms with Gasteiger partial charge < -0.3 is 20.8 Å². The van der Waals surface area contributed by atoms with Crippen molar-refractivity contribution in [2.45, 2.75) is 19.0 Å². The molecule has 0 bridgehead atoms. The minimum atomic E-state index is -1.15. The number of benzene rings is 2. The van der Waals surface area contributed by atoms with Gasteiger partial charge in [0.15, 0.2) is 0 Å². The Balaban J connectivity index is 1.96. The lowest BCUT2D eigenvalue weighted by Gasteiger charge is -2.14. The first-order chi connectivity index (χ1) is 14.3. The molecule has 1 atom stereocenters. The van der Waals surface area contributed by atoms with E-state index in [1.165, 1.54) is 12.1 Å². The number of aromatic hydroxyl groups is 1. The SMILES string of the molecule is [N-]=[N+]=NC[C@H](CC(=O)O)NC(=O)c1ccc(CNC(=O)c2ccc(F)cc2O)cc1. The van der Waals surface area contributed by atoms with Crippen molar-refractivity contribution in [3.8, 4) is 5.75 Å². The lowest BCUT2D eigenvalue weighted by molar-refractivity contribution is -0.137. The van der Waals surface area contributed by atoms with Crippen LogP contribution in [0.15, 0.2) is 47.6 Å². The molecule has 0 spiro atoms. The number of rotatable bonds is 9. The third-order valence-corrected chi connectivity index (χ3v) is 4.00. The van der Waals surface area contributed by atoms with Gasteiger partial charge in [-0.05, 0) is 35.4 Å². The first kappa shape index (κ1) is 22.2. The van der Waals surface area contributed by atoms with Crippen molar-refractivity contribution in [2.24, 2.45) is 5.11 Å². The molecule has 30 heavy (non-hydrogen) atoms. The van der Waals surface area contributed by atoms with Crippen LogP contribution in [0.4, 0.5) is 4.39 Å². The number of carboxylic acids is 1. The molecular weight excluding hydrogens is 397 g/mol. The Morgan fingerprint density at radius 3 is 2.43 bits per heavy atom. The van der Waals surface area contributed by atoms with E-state index in [9.17, 15) is 23.9 Å².